The van der Waals surface area contributed by atoms with Gasteiger partial charge < -0.3 is 9.88 Å². The van der Waals surface area contributed by atoms with Crippen LogP contribution in [-0.4, -0.2) is 11.1 Å². The minimum Gasteiger partial charge on any atom is -0.351 e. The third-order valence-electron chi connectivity index (χ3n) is 4.01. The summed E-state index contributed by atoms with van der Waals surface area (Å²) in [6.45, 7) is 5.46. The van der Waals surface area contributed by atoms with E-state index in [0.29, 0.717) is 0 Å². The van der Waals surface area contributed by atoms with Crippen molar-refractivity contribution in [3.63, 3.8) is 0 Å². The number of hydrogen-bond donors (Lipinski definition) is 1. The Morgan fingerprint density at radius 1 is 1.35 bits per heavy atom. The lowest BCUT2D eigenvalue weighted by molar-refractivity contribution is 0.468. The molecule has 1 saturated carbocycles. The molecule has 1 fully saturated rings. The molecule has 1 aromatic heterocycles. The Kier molecular flexibility index (Phi) is 5.11. The van der Waals surface area contributed by atoms with Crippen LogP contribution in [0.15, 0.2) is 18.3 Å². The molecule has 17 heavy (non-hydrogen) atoms. The molecule has 0 aliphatic heterocycles. The summed E-state index contributed by atoms with van der Waals surface area (Å²) in [6.07, 6.45) is 10.9. The van der Waals surface area contributed by atoms with E-state index >= 15 is 0 Å². The Labute approximate surface area is 105 Å². The molecule has 96 valence electrons. The van der Waals surface area contributed by atoms with Crippen LogP contribution in [0.4, 0.5) is 0 Å². The lowest BCUT2D eigenvalue weighted by Crippen LogP contribution is -2.17. The maximum Gasteiger partial charge on any atom is 0.0359 e. The third kappa shape index (κ3) is 3.88. The molecule has 2 heteroatoms. The van der Waals surface area contributed by atoms with Crippen molar-refractivity contribution >= 4 is 0 Å². The summed E-state index contributed by atoms with van der Waals surface area (Å²) < 4.78 is 2.31. The first-order valence-electron chi connectivity index (χ1n) is 7.25. The lowest BCUT2D eigenvalue weighted by Gasteiger charge is -2.10. The zero-order chi connectivity index (χ0) is 11.9. The second-order valence-corrected chi connectivity index (χ2v) is 5.26. The average Bonchev–Trinajstić information content (AvgIpc) is 2.98. The van der Waals surface area contributed by atoms with Crippen LogP contribution in [0.5, 0.6) is 0 Å². The third-order valence-corrected chi connectivity index (χ3v) is 4.01. The van der Waals surface area contributed by atoms with Crippen LogP contribution in [-0.2, 0) is 13.1 Å². The van der Waals surface area contributed by atoms with Gasteiger partial charge in [-0.05, 0) is 44.4 Å². The highest BCUT2D eigenvalue weighted by molar-refractivity contribution is 5.06. The summed E-state index contributed by atoms with van der Waals surface area (Å²) in [7, 11) is 0. The van der Waals surface area contributed by atoms with Gasteiger partial charge in [-0.15, -0.1) is 0 Å². The normalized spacial score (nSPS) is 16.8. The van der Waals surface area contributed by atoms with E-state index in [-0.39, 0.29) is 0 Å². The topological polar surface area (TPSA) is 17.0 Å². The first-order chi connectivity index (χ1) is 8.40. The molecular formula is C15H26N2. The highest BCUT2D eigenvalue weighted by Gasteiger charge is 2.13. The second-order valence-electron chi connectivity index (χ2n) is 5.26. The largest absolute Gasteiger partial charge is 0.351 e. The summed E-state index contributed by atoms with van der Waals surface area (Å²) in [5.74, 6) is 1.04. The number of aromatic nitrogens is 1. The van der Waals surface area contributed by atoms with Crippen molar-refractivity contribution in [1.29, 1.82) is 0 Å². The van der Waals surface area contributed by atoms with Crippen molar-refractivity contribution in [2.24, 2.45) is 5.92 Å². The molecule has 1 aliphatic rings. The fraction of sp³-hybridized carbons (Fsp3) is 0.733. The predicted octanol–water partition coefficient (Wildman–Crippen LogP) is 3.57. The molecule has 1 heterocycles. The minimum atomic E-state index is 1.02. The number of nitrogens with one attached hydrogen (secondary N) is 1. The molecule has 0 bridgehead atoms. The van der Waals surface area contributed by atoms with Gasteiger partial charge in [-0.25, -0.2) is 0 Å². The molecule has 0 spiro atoms. The van der Waals surface area contributed by atoms with Crippen LogP contribution in [0.25, 0.3) is 0 Å². The average molecular weight is 234 g/mol. The van der Waals surface area contributed by atoms with Crippen molar-refractivity contribution in [3.8, 4) is 0 Å². The number of rotatable bonds is 7. The molecule has 2 nitrogen and oxygen atoms in total. The molecule has 0 radical (unpaired) electrons. The fourth-order valence-corrected chi connectivity index (χ4v) is 2.95. The first-order valence-corrected chi connectivity index (χ1v) is 7.25. The van der Waals surface area contributed by atoms with Crippen LogP contribution in [0.2, 0.25) is 0 Å². The highest BCUT2D eigenvalue weighted by Crippen LogP contribution is 2.28. The van der Waals surface area contributed by atoms with Gasteiger partial charge in [0.2, 0.25) is 0 Å². The Balaban J connectivity index is 1.56. The van der Waals surface area contributed by atoms with Gasteiger partial charge in [0.15, 0.2) is 0 Å². The maximum atomic E-state index is 3.57. The van der Waals surface area contributed by atoms with Gasteiger partial charge in [-0.2, -0.15) is 0 Å². The Morgan fingerprint density at radius 3 is 2.94 bits per heavy atom. The number of nitrogens with zero attached hydrogens (tertiary/aromatic N) is 1. The summed E-state index contributed by atoms with van der Waals surface area (Å²) >= 11 is 0. The van der Waals surface area contributed by atoms with E-state index in [1.54, 1.807) is 0 Å². The van der Waals surface area contributed by atoms with E-state index in [0.717, 1.165) is 19.0 Å². The van der Waals surface area contributed by atoms with Gasteiger partial charge in [0, 0.05) is 25.0 Å². The standard InChI is InChI=1S/C15H26N2/c1-2-17-12-6-10-15(17)13-16-11-5-9-14-7-3-4-8-14/h6,10,12,14,16H,2-5,7-9,11,13H2,1H3. The zero-order valence-corrected chi connectivity index (χ0v) is 11.1. The smallest absolute Gasteiger partial charge is 0.0359 e. The quantitative estimate of drug-likeness (QED) is 0.714. The number of hydrogen-bond acceptors (Lipinski definition) is 1. The van der Waals surface area contributed by atoms with Crippen LogP contribution in [0.1, 0.15) is 51.1 Å². The van der Waals surface area contributed by atoms with E-state index in [1.807, 2.05) is 0 Å². The molecule has 1 aromatic rings. The maximum absolute atomic E-state index is 3.57. The molecular weight excluding hydrogens is 208 g/mol. The highest BCUT2D eigenvalue weighted by atomic mass is 15.0. The molecule has 0 saturated heterocycles. The minimum absolute atomic E-state index is 1.02. The van der Waals surface area contributed by atoms with Gasteiger partial charge in [0.05, 0.1) is 0 Å². The summed E-state index contributed by atoms with van der Waals surface area (Å²) in [4.78, 5) is 0. The van der Waals surface area contributed by atoms with Crippen LogP contribution < -0.4 is 5.32 Å². The zero-order valence-electron chi connectivity index (χ0n) is 11.1. The van der Waals surface area contributed by atoms with Crippen molar-refractivity contribution in [2.45, 2.75) is 58.5 Å². The van der Waals surface area contributed by atoms with Gasteiger partial charge in [-0.1, -0.05) is 25.7 Å². The molecule has 0 atom stereocenters. The van der Waals surface area contributed by atoms with E-state index < -0.39 is 0 Å². The Hall–Kier alpha value is -0.760. The molecule has 0 amide bonds. The van der Waals surface area contributed by atoms with E-state index in [4.69, 9.17) is 0 Å². The predicted molar refractivity (Wildman–Crippen MR) is 73.0 cm³/mol. The van der Waals surface area contributed by atoms with Crippen molar-refractivity contribution in [1.82, 2.24) is 9.88 Å². The summed E-state index contributed by atoms with van der Waals surface area (Å²) in [5.41, 5.74) is 1.41. The Morgan fingerprint density at radius 2 is 2.18 bits per heavy atom. The molecule has 1 N–H and O–H groups in total. The summed E-state index contributed by atoms with van der Waals surface area (Å²) in [6, 6.07) is 4.35. The SMILES string of the molecule is CCn1cccc1CNCCCC1CCCC1. The van der Waals surface area contributed by atoms with Gasteiger partial charge in [0.1, 0.15) is 0 Å². The second kappa shape index (κ2) is 6.85. The lowest BCUT2D eigenvalue weighted by atomic mass is 10.0. The number of aryl methyl sites for hydroxylation is 1. The van der Waals surface area contributed by atoms with Crippen molar-refractivity contribution in [3.05, 3.63) is 24.0 Å². The van der Waals surface area contributed by atoms with Gasteiger partial charge in [0.25, 0.3) is 0 Å². The summed E-state index contributed by atoms with van der Waals surface area (Å²) in [5, 5.41) is 3.57. The van der Waals surface area contributed by atoms with Crippen LogP contribution >= 0.6 is 0 Å². The van der Waals surface area contributed by atoms with Gasteiger partial charge >= 0.3 is 0 Å². The van der Waals surface area contributed by atoms with Crippen LogP contribution in [0, 0.1) is 5.92 Å². The monoisotopic (exact) mass is 234 g/mol. The van der Waals surface area contributed by atoms with Crippen molar-refractivity contribution < 1.29 is 0 Å². The van der Waals surface area contributed by atoms with E-state index in [2.05, 4.69) is 35.1 Å². The first kappa shape index (κ1) is 12.7. The van der Waals surface area contributed by atoms with E-state index in [9.17, 15) is 0 Å². The van der Waals surface area contributed by atoms with Gasteiger partial charge in [-0.3, -0.25) is 0 Å². The molecule has 2 rings (SSSR count). The molecule has 1 aliphatic carbocycles. The molecule has 0 unspecified atom stereocenters. The Bertz CT molecular complexity index is 310. The van der Waals surface area contributed by atoms with Crippen molar-refractivity contribution in [2.75, 3.05) is 6.54 Å². The van der Waals surface area contributed by atoms with E-state index in [1.165, 1.54) is 50.8 Å². The molecule has 0 aromatic carbocycles. The fourth-order valence-electron chi connectivity index (χ4n) is 2.95. The van der Waals surface area contributed by atoms with Crippen LogP contribution in [0.3, 0.4) is 0 Å².